The standard InChI is InChI=1S/C6H7NO2S/c1-4-2-10-3-5(7-4)6(8)9/h3H,2H2,1H3,(H,8,9). The van der Waals surface area contributed by atoms with Crippen LogP contribution >= 0.6 is 11.8 Å². The molecule has 0 aliphatic carbocycles. The van der Waals surface area contributed by atoms with Crippen molar-refractivity contribution >= 4 is 23.4 Å². The first-order valence-electron chi connectivity index (χ1n) is 2.79. The van der Waals surface area contributed by atoms with E-state index in [4.69, 9.17) is 5.11 Å². The smallest absolute Gasteiger partial charge is 0.355 e. The summed E-state index contributed by atoms with van der Waals surface area (Å²) >= 11 is 1.47. The Hall–Kier alpha value is -0.770. The molecule has 1 rings (SSSR count). The van der Waals surface area contributed by atoms with Gasteiger partial charge in [0.15, 0.2) is 5.70 Å². The van der Waals surface area contributed by atoms with Crippen molar-refractivity contribution in [2.24, 2.45) is 4.99 Å². The summed E-state index contributed by atoms with van der Waals surface area (Å²) in [5, 5.41) is 10.0. The van der Waals surface area contributed by atoms with Crippen LogP contribution in [0.25, 0.3) is 0 Å². The molecule has 3 nitrogen and oxygen atoms in total. The lowest BCUT2D eigenvalue weighted by atomic mass is 10.4. The second-order valence-electron chi connectivity index (χ2n) is 1.97. The molecule has 0 aromatic carbocycles. The molecule has 1 N–H and O–H groups in total. The van der Waals surface area contributed by atoms with Gasteiger partial charge < -0.3 is 5.11 Å². The summed E-state index contributed by atoms with van der Waals surface area (Å²) in [6.07, 6.45) is 0. The van der Waals surface area contributed by atoms with E-state index >= 15 is 0 Å². The van der Waals surface area contributed by atoms with Crippen LogP contribution in [0, 0.1) is 0 Å². The second kappa shape index (κ2) is 2.88. The molecule has 0 aromatic heterocycles. The zero-order chi connectivity index (χ0) is 7.56. The molecule has 0 amide bonds. The van der Waals surface area contributed by atoms with Crippen LogP contribution in [0.5, 0.6) is 0 Å². The number of aliphatic imine (C=N–C) groups is 1. The third kappa shape index (κ3) is 1.60. The average Bonchev–Trinajstić information content (AvgIpc) is 1.88. The van der Waals surface area contributed by atoms with Gasteiger partial charge in [-0.25, -0.2) is 9.79 Å². The Balaban J connectivity index is 2.79. The number of hydrogen-bond acceptors (Lipinski definition) is 3. The van der Waals surface area contributed by atoms with Gasteiger partial charge in [0.25, 0.3) is 0 Å². The molecular formula is C6H7NO2S. The Kier molecular flexibility index (Phi) is 2.11. The SMILES string of the molecule is CC1=NC(C(=O)O)=CSC1. The molecule has 1 heterocycles. The van der Waals surface area contributed by atoms with Crippen molar-refractivity contribution in [2.45, 2.75) is 6.92 Å². The number of aliphatic carboxylic acids is 1. The van der Waals surface area contributed by atoms with Gasteiger partial charge in [-0.1, -0.05) is 0 Å². The summed E-state index contributed by atoms with van der Waals surface area (Å²) in [5.74, 6) is -0.150. The van der Waals surface area contributed by atoms with E-state index in [0.29, 0.717) is 0 Å². The van der Waals surface area contributed by atoms with Crippen LogP contribution in [0.15, 0.2) is 16.1 Å². The molecule has 10 heavy (non-hydrogen) atoms. The van der Waals surface area contributed by atoms with E-state index in [1.807, 2.05) is 6.92 Å². The Bertz CT molecular complexity index is 220. The highest BCUT2D eigenvalue weighted by Gasteiger charge is 2.09. The predicted molar refractivity (Wildman–Crippen MR) is 41.3 cm³/mol. The Morgan fingerprint density at radius 3 is 3.00 bits per heavy atom. The fourth-order valence-corrected chi connectivity index (χ4v) is 1.30. The van der Waals surface area contributed by atoms with Crippen LogP contribution in [0.1, 0.15) is 6.92 Å². The fourth-order valence-electron chi connectivity index (χ4n) is 0.604. The molecule has 0 radical (unpaired) electrons. The van der Waals surface area contributed by atoms with E-state index < -0.39 is 5.97 Å². The Labute approximate surface area is 62.8 Å². The fraction of sp³-hybridized carbons (Fsp3) is 0.333. The summed E-state index contributed by atoms with van der Waals surface area (Å²) in [5.41, 5.74) is 1.01. The molecule has 0 fully saturated rings. The van der Waals surface area contributed by atoms with E-state index in [9.17, 15) is 4.79 Å². The minimum atomic E-state index is -0.952. The number of carboxylic acid groups (broad SMARTS) is 1. The van der Waals surface area contributed by atoms with Crippen molar-refractivity contribution in [1.29, 1.82) is 0 Å². The first-order chi connectivity index (χ1) is 4.70. The highest BCUT2D eigenvalue weighted by molar-refractivity contribution is 8.02. The summed E-state index contributed by atoms with van der Waals surface area (Å²) in [4.78, 5) is 14.2. The number of thioether (sulfide) groups is 1. The molecular weight excluding hydrogens is 150 g/mol. The number of hydrogen-bond donors (Lipinski definition) is 1. The Morgan fingerprint density at radius 2 is 2.60 bits per heavy atom. The minimum Gasteiger partial charge on any atom is -0.476 e. The molecule has 0 aromatic rings. The molecule has 1 aliphatic heterocycles. The monoisotopic (exact) mass is 157 g/mol. The molecule has 0 saturated carbocycles. The number of rotatable bonds is 1. The summed E-state index contributed by atoms with van der Waals surface area (Å²) in [6, 6.07) is 0. The molecule has 0 bridgehead atoms. The topological polar surface area (TPSA) is 49.7 Å². The van der Waals surface area contributed by atoms with Crippen molar-refractivity contribution in [2.75, 3.05) is 5.75 Å². The van der Waals surface area contributed by atoms with E-state index in [1.54, 1.807) is 5.41 Å². The molecule has 1 aliphatic rings. The van der Waals surface area contributed by atoms with Crippen molar-refractivity contribution in [3.8, 4) is 0 Å². The van der Waals surface area contributed by atoms with E-state index in [2.05, 4.69) is 4.99 Å². The van der Waals surface area contributed by atoms with Crippen molar-refractivity contribution < 1.29 is 9.90 Å². The molecule has 0 spiro atoms. The van der Waals surface area contributed by atoms with Crippen LogP contribution in [-0.2, 0) is 4.79 Å². The quantitative estimate of drug-likeness (QED) is 0.620. The predicted octanol–water partition coefficient (Wildman–Crippen LogP) is 1.12. The van der Waals surface area contributed by atoms with Crippen LogP contribution in [-0.4, -0.2) is 22.5 Å². The zero-order valence-corrected chi connectivity index (χ0v) is 6.31. The van der Waals surface area contributed by atoms with Crippen LogP contribution in [0.3, 0.4) is 0 Å². The van der Waals surface area contributed by atoms with E-state index in [0.717, 1.165) is 11.5 Å². The van der Waals surface area contributed by atoms with Gasteiger partial charge in [-0.15, -0.1) is 11.8 Å². The number of carbonyl (C=O) groups is 1. The van der Waals surface area contributed by atoms with E-state index in [1.165, 1.54) is 11.8 Å². The van der Waals surface area contributed by atoms with Crippen molar-refractivity contribution in [3.63, 3.8) is 0 Å². The third-order valence-electron chi connectivity index (χ3n) is 1.02. The highest BCUT2D eigenvalue weighted by atomic mass is 32.2. The van der Waals surface area contributed by atoms with Gasteiger partial charge in [-0.3, -0.25) is 0 Å². The zero-order valence-electron chi connectivity index (χ0n) is 5.50. The maximum Gasteiger partial charge on any atom is 0.355 e. The lowest BCUT2D eigenvalue weighted by Gasteiger charge is -2.04. The molecule has 0 unspecified atom stereocenters. The maximum absolute atomic E-state index is 10.3. The molecule has 54 valence electrons. The van der Waals surface area contributed by atoms with E-state index in [-0.39, 0.29) is 5.70 Å². The molecule has 0 saturated heterocycles. The Morgan fingerprint density at radius 1 is 1.90 bits per heavy atom. The maximum atomic E-state index is 10.3. The van der Waals surface area contributed by atoms with Crippen LogP contribution in [0.2, 0.25) is 0 Å². The van der Waals surface area contributed by atoms with Gasteiger partial charge >= 0.3 is 5.97 Å². The third-order valence-corrected chi connectivity index (χ3v) is 1.99. The largest absolute Gasteiger partial charge is 0.476 e. The van der Waals surface area contributed by atoms with Gasteiger partial charge in [0, 0.05) is 16.9 Å². The number of nitrogens with zero attached hydrogens (tertiary/aromatic N) is 1. The number of carboxylic acids is 1. The first kappa shape index (κ1) is 7.34. The average molecular weight is 157 g/mol. The summed E-state index contributed by atoms with van der Waals surface area (Å²) < 4.78 is 0. The van der Waals surface area contributed by atoms with Crippen molar-refractivity contribution in [3.05, 3.63) is 11.1 Å². The van der Waals surface area contributed by atoms with Gasteiger partial charge in [-0.2, -0.15) is 0 Å². The van der Waals surface area contributed by atoms with Crippen molar-refractivity contribution in [1.82, 2.24) is 0 Å². The van der Waals surface area contributed by atoms with Crippen LogP contribution in [0.4, 0.5) is 0 Å². The lowest BCUT2D eigenvalue weighted by Crippen LogP contribution is -2.06. The molecule has 4 heteroatoms. The van der Waals surface area contributed by atoms with Gasteiger partial charge in [-0.05, 0) is 6.92 Å². The minimum absolute atomic E-state index is 0.147. The second-order valence-corrected chi connectivity index (χ2v) is 2.82. The van der Waals surface area contributed by atoms with Gasteiger partial charge in [0.2, 0.25) is 0 Å². The lowest BCUT2D eigenvalue weighted by molar-refractivity contribution is -0.132. The highest BCUT2D eigenvalue weighted by Crippen LogP contribution is 2.15. The molecule has 0 atom stereocenters. The van der Waals surface area contributed by atoms with Crippen LogP contribution < -0.4 is 0 Å². The first-order valence-corrected chi connectivity index (χ1v) is 3.84. The summed E-state index contributed by atoms with van der Waals surface area (Å²) in [6.45, 7) is 1.82. The summed E-state index contributed by atoms with van der Waals surface area (Å²) in [7, 11) is 0. The van der Waals surface area contributed by atoms with Gasteiger partial charge in [0.05, 0.1) is 0 Å². The normalized spacial score (nSPS) is 17.7. The van der Waals surface area contributed by atoms with Gasteiger partial charge in [0.1, 0.15) is 0 Å².